The van der Waals surface area contributed by atoms with Crippen molar-refractivity contribution in [3.63, 3.8) is 0 Å². The van der Waals surface area contributed by atoms with Gasteiger partial charge in [-0.05, 0) is 25.7 Å². The summed E-state index contributed by atoms with van der Waals surface area (Å²) in [7, 11) is 0. The topological polar surface area (TPSA) is 87.5 Å². The fraction of sp³-hybridized carbons (Fsp3) is 0.643. The molecule has 2 N–H and O–H groups in total. The van der Waals surface area contributed by atoms with Gasteiger partial charge in [0.1, 0.15) is 6.54 Å². The Hall–Kier alpha value is -2.05. The van der Waals surface area contributed by atoms with Gasteiger partial charge in [0.2, 0.25) is 0 Å². The highest BCUT2D eigenvalue weighted by Crippen LogP contribution is 2.21. The van der Waals surface area contributed by atoms with E-state index in [1.807, 2.05) is 4.90 Å². The Morgan fingerprint density at radius 1 is 1.48 bits per heavy atom. The Labute approximate surface area is 123 Å². The second-order valence-electron chi connectivity index (χ2n) is 5.38. The number of nitrogens with one attached hydrogen (secondary N) is 1. The van der Waals surface area contributed by atoms with Crippen molar-refractivity contribution in [1.29, 1.82) is 0 Å². The van der Waals surface area contributed by atoms with Gasteiger partial charge in [0.25, 0.3) is 0 Å². The predicted octanol–water partition coefficient (Wildman–Crippen LogP) is 2.15. The molecule has 2 amide bonds. The quantitative estimate of drug-likeness (QED) is 0.871. The predicted molar refractivity (Wildman–Crippen MR) is 78.1 cm³/mol. The largest absolute Gasteiger partial charge is 0.480 e. The van der Waals surface area contributed by atoms with Crippen LogP contribution >= 0.6 is 0 Å². The van der Waals surface area contributed by atoms with Crippen LogP contribution < -0.4 is 5.32 Å². The highest BCUT2D eigenvalue weighted by atomic mass is 16.4. The fourth-order valence-electron chi connectivity index (χ4n) is 2.75. The third-order valence-corrected chi connectivity index (χ3v) is 3.69. The molecule has 2 heterocycles. The molecule has 7 nitrogen and oxygen atoms in total. The van der Waals surface area contributed by atoms with Gasteiger partial charge >= 0.3 is 12.0 Å². The molecule has 116 valence electrons. The number of carbonyl (C=O) groups is 2. The Kier molecular flexibility index (Phi) is 5.19. The first-order chi connectivity index (χ1) is 10.1. The minimum absolute atomic E-state index is 0.122. The number of aliphatic carboxylic acids is 1. The van der Waals surface area contributed by atoms with Gasteiger partial charge in [-0.1, -0.05) is 13.3 Å². The van der Waals surface area contributed by atoms with Crippen molar-refractivity contribution in [3.8, 4) is 0 Å². The summed E-state index contributed by atoms with van der Waals surface area (Å²) in [6.45, 7) is 2.69. The Morgan fingerprint density at radius 3 is 3.00 bits per heavy atom. The minimum Gasteiger partial charge on any atom is -0.480 e. The van der Waals surface area contributed by atoms with E-state index in [1.54, 1.807) is 0 Å². The van der Waals surface area contributed by atoms with Crippen LogP contribution in [0.15, 0.2) is 12.4 Å². The molecule has 21 heavy (non-hydrogen) atoms. The van der Waals surface area contributed by atoms with Crippen LogP contribution in [0.5, 0.6) is 0 Å². The molecule has 0 bridgehead atoms. The van der Waals surface area contributed by atoms with Crippen LogP contribution in [-0.4, -0.2) is 44.4 Å². The average Bonchev–Trinajstić information content (AvgIpc) is 2.86. The Morgan fingerprint density at radius 2 is 2.29 bits per heavy atom. The zero-order valence-electron chi connectivity index (χ0n) is 12.3. The Balaban J connectivity index is 1.96. The van der Waals surface area contributed by atoms with Crippen molar-refractivity contribution in [3.05, 3.63) is 12.4 Å². The van der Waals surface area contributed by atoms with E-state index >= 15 is 0 Å². The number of rotatable bonds is 5. The summed E-state index contributed by atoms with van der Waals surface area (Å²) in [4.78, 5) is 24.8. The van der Waals surface area contributed by atoms with Crippen LogP contribution in [0.25, 0.3) is 0 Å². The molecule has 1 aliphatic heterocycles. The SMILES string of the molecule is CCCC1CCCCN1C(=O)Nc1cnn(CC(=O)O)c1. The van der Waals surface area contributed by atoms with E-state index in [0.29, 0.717) is 11.7 Å². The molecule has 1 aromatic heterocycles. The first-order valence-corrected chi connectivity index (χ1v) is 7.42. The maximum atomic E-state index is 12.3. The van der Waals surface area contributed by atoms with Crippen molar-refractivity contribution in [2.45, 2.75) is 51.6 Å². The van der Waals surface area contributed by atoms with E-state index in [0.717, 1.165) is 32.2 Å². The third kappa shape index (κ3) is 4.21. The molecule has 2 rings (SSSR count). The van der Waals surface area contributed by atoms with Crippen molar-refractivity contribution in [1.82, 2.24) is 14.7 Å². The molecule has 1 atom stereocenters. The molecule has 1 aromatic rings. The van der Waals surface area contributed by atoms with E-state index in [4.69, 9.17) is 5.11 Å². The van der Waals surface area contributed by atoms with E-state index in [2.05, 4.69) is 17.3 Å². The number of aromatic nitrogens is 2. The maximum absolute atomic E-state index is 12.3. The highest BCUT2D eigenvalue weighted by molar-refractivity contribution is 5.89. The van der Waals surface area contributed by atoms with Crippen molar-refractivity contribution in [2.24, 2.45) is 0 Å². The van der Waals surface area contributed by atoms with Gasteiger partial charge in [0.05, 0.1) is 11.9 Å². The third-order valence-electron chi connectivity index (χ3n) is 3.69. The molecule has 1 unspecified atom stereocenters. The summed E-state index contributed by atoms with van der Waals surface area (Å²) in [6.07, 6.45) is 8.34. The molecule has 0 radical (unpaired) electrons. The summed E-state index contributed by atoms with van der Waals surface area (Å²) in [5.74, 6) is -0.963. The van der Waals surface area contributed by atoms with Crippen molar-refractivity contribution >= 4 is 17.7 Å². The number of hydrogen-bond donors (Lipinski definition) is 2. The second-order valence-corrected chi connectivity index (χ2v) is 5.38. The van der Waals surface area contributed by atoms with E-state index < -0.39 is 5.97 Å². The lowest BCUT2D eigenvalue weighted by Gasteiger charge is -2.35. The van der Waals surface area contributed by atoms with E-state index in [1.165, 1.54) is 23.5 Å². The molecule has 0 spiro atoms. The van der Waals surface area contributed by atoms with Crippen LogP contribution in [0.3, 0.4) is 0 Å². The number of likely N-dealkylation sites (tertiary alicyclic amines) is 1. The number of amides is 2. The Bertz CT molecular complexity index is 498. The van der Waals surface area contributed by atoms with Crippen LogP contribution in [0, 0.1) is 0 Å². The number of carboxylic acids is 1. The molecule has 7 heteroatoms. The average molecular weight is 294 g/mol. The monoisotopic (exact) mass is 294 g/mol. The van der Waals surface area contributed by atoms with Gasteiger partial charge in [-0.15, -0.1) is 0 Å². The molecule has 0 saturated carbocycles. The minimum atomic E-state index is -0.963. The van der Waals surface area contributed by atoms with Gasteiger partial charge in [-0.25, -0.2) is 4.79 Å². The molecular formula is C14H22N4O3. The molecule has 1 saturated heterocycles. The van der Waals surface area contributed by atoms with Crippen molar-refractivity contribution in [2.75, 3.05) is 11.9 Å². The summed E-state index contributed by atoms with van der Waals surface area (Å²) in [5.41, 5.74) is 0.530. The smallest absolute Gasteiger partial charge is 0.325 e. The molecular weight excluding hydrogens is 272 g/mol. The summed E-state index contributed by atoms with van der Waals surface area (Å²) < 4.78 is 1.29. The first-order valence-electron chi connectivity index (χ1n) is 7.42. The van der Waals surface area contributed by atoms with Crippen molar-refractivity contribution < 1.29 is 14.7 Å². The number of urea groups is 1. The van der Waals surface area contributed by atoms with Crippen LogP contribution in [0.1, 0.15) is 39.0 Å². The summed E-state index contributed by atoms with van der Waals surface area (Å²) >= 11 is 0. The lowest BCUT2D eigenvalue weighted by Crippen LogP contribution is -2.45. The normalized spacial score (nSPS) is 18.5. The summed E-state index contributed by atoms with van der Waals surface area (Å²) in [5, 5.41) is 15.4. The number of carboxylic acid groups (broad SMARTS) is 1. The second kappa shape index (κ2) is 7.10. The van der Waals surface area contributed by atoms with Crippen LogP contribution in [0.2, 0.25) is 0 Å². The first kappa shape index (κ1) is 15.3. The molecule has 1 fully saturated rings. The van der Waals surface area contributed by atoms with Gasteiger partial charge in [-0.2, -0.15) is 5.10 Å². The van der Waals surface area contributed by atoms with E-state index in [9.17, 15) is 9.59 Å². The van der Waals surface area contributed by atoms with E-state index in [-0.39, 0.29) is 12.6 Å². The van der Waals surface area contributed by atoms with Crippen LogP contribution in [-0.2, 0) is 11.3 Å². The van der Waals surface area contributed by atoms with Gasteiger partial charge in [0, 0.05) is 18.8 Å². The summed E-state index contributed by atoms with van der Waals surface area (Å²) in [6, 6.07) is 0.181. The molecule has 0 aliphatic carbocycles. The van der Waals surface area contributed by atoms with Gasteiger partial charge < -0.3 is 15.3 Å². The zero-order chi connectivity index (χ0) is 15.2. The van der Waals surface area contributed by atoms with Crippen LogP contribution in [0.4, 0.5) is 10.5 Å². The zero-order valence-corrected chi connectivity index (χ0v) is 12.3. The lowest BCUT2D eigenvalue weighted by atomic mass is 9.99. The molecule has 0 aromatic carbocycles. The number of nitrogens with zero attached hydrogens (tertiary/aromatic N) is 3. The highest BCUT2D eigenvalue weighted by Gasteiger charge is 2.26. The number of hydrogen-bond acceptors (Lipinski definition) is 3. The maximum Gasteiger partial charge on any atom is 0.325 e. The number of anilines is 1. The lowest BCUT2D eigenvalue weighted by molar-refractivity contribution is -0.137. The van der Waals surface area contributed by atoms with Gasteiger partial charge in [0.15, 0.2) is 0 Å². The molecule has 1 aliphatic rings. The number of piperidine rings is 1. The number of carbonyl (C=O) groups excluding carboxylic acids is 1. The standard InChI is InChI=1S/C14H22N4O3/c1-2-5-12-6-3-4-7-18(12)14(21)16-11-8-15-17(9-11)10-13(19)20/h8-9,12H,2-7,10H2,1H3,(H,16,21)(H,19,20). The fourth-order valence-corrected chi connectivity index (χ4v) is 2.75. The van der Waals surface area contributed by atoms with Gasteiger partial charge in [-0.3, -0.25) is 9.48 Å².